The van der Waals surface area contributed by atoms with Gasteiger partial charge in [0.2, 0.25) is 5.91 Å². The van der Waals surface area contributed by atoms with E-state index in [2.05, 4.69) is 9.97 Å². The fourth-order valence-corrected chi connectivity index (χ4v) is 5.02. The first-order valence-electron chi connectivity index (χ1n) is 11.1. The fourth-order valence-electron chi connectivity index (χ4n) is 5.02. The maximum absolute atomic E-state index is 12.0. The number of aromatic nitrogens is 2. The van der Waals surface area contributed by atoms with Gasteiger partial charge in [-0.3, -0.25) is 10.2 Å². The lowest BCUT2D eigenvalue weighted by Gasteiger charge is -2.45. The highest BCUT2D eigenvalue weighted by Crippen LogP contribution is 2.48. The van der Waals surface area contributed by atoms with Crippen molar-refractivity contribution in [2.75, 3.05) is 32.2 Å². The molecule has 1 amide bonds. The van der Waals surface area contributed by atoms with E-state index < -0.39 is 5.54 Å². The lowest BCUT2D eigenvalue weighted by Crippen LogP contribution is -2.56. The highest BCUT2D eigenvalue weighted by Gasteiger charge is 2.53. The molecule has 0 saturated carbocycles. The smallest absolute Gasteiger partial charge is 0.219 e. The second kappa shape index (κ2) is 8.09. The minimum Gasteiger partial charge on any atom is -0.509 e. The predicted octanol–water partition coefficient (Wildman–Crippen LogP) is 3.73. The average Bonchev–Trinajstić information content (AvgIpc) is 3.35. The zero-order chi connectivity index (χ0) is 24.0. The normalized spacial score (nSPS) is 17.7. The van der Waals surface area contributed by atoms with Crippen LogP contribution < -0.4 is 14.4 Å². The number of piperidine rings is 1. The zero-order valence-corrected chi connectivity index (χ0v) is 19.4. The first kappa shape index (κ1) is 21.8. The van der Waals surface area contributed by atoms with Crippen LogP contribution in [0.1, 0.15) is 25.6 Å². The highest BCUT2D eigenvalue weighted by molar-refractivity contribution is 6.31. The van der Waals surface area contributed by atoms with E-state index in [-0.39, 0.29) is 17.5 Å². The van der Waals surface area contributed by atoms with Crippen molar-refractivity contribution in [3.63, 3.8) is 0 Å². The molecule has 3 N–H and O–H groups in total. The van der Waals surface area contributed by atoms with Gasteiger partial charge in [-0.2, -0.15) is 0 Å². The number of nitrogens with zero attached hydrogens (tertiary/aromatic N) is 3. The fraction of sp³-hybridized carbons (Fsp3) is 0.320. The van der Waals surface area contributed by atoms with Crippen LogP contribution in [-0.4, -0.2) is 64.6 Å². The molecule has 0 bridgehead atoms. The van der Waals surface area contributed by atoms with Crippen molar-refractivity contribution in [2.45, 2.75) is 25.3 Å². The number of nitrogens with one attached hydrogen (secondary N) is 2. The molecule has 9 heteroatoms. The van der Waals surface area contributed by atoms with Crippen LogP contribution in [0.2, 0.25) is 0 Å². The third-order valence-electron chi connectivity index (χ3n) is 6.82. The molecule has 1 saturated heterocycles. The Kier molecular flexibility index (Phi) is 5.19. The van der Waals surface area contributed by atoms with Gasteiger partial charge in [0.15, 0.2) is 0 Å². The minimum absolute atomic E-state index is 0.00139. The summed E-state index contributed by atoms with van der Waals surface area (Å²) in [6.07, 6.45) is 0.925. The molecule has 0 atom stereocenters. The van der Waals surface area contributed by atoms with Gasteiger partial charge in [-0.15, -0.1) is 0 Å². The Bertz CT molecular complexity index is 1260. The Morgan fingerprint density at radius 3 is 2.35 bits per heavy atom. The maximum atomic E-state index is 12.0. The van der Waals surface area contributed by atoms with Gasteiger partial charge in [-0.25, -0.2) is 4.98 Å². The van der Waals surface area contributed by atoms with Crippen molar-refractivity contribution < 1.29 is 19.4 Å². The number of anilines is 1. The molecule has 0 aliphatic carbocycles. The van der Waals surface area contributed by atoms with Gasteiger partial charge in [0, 0.05) is 38.2 Å². The Balaban J connectivity index is 1.67. The van der Waals surface area contributed by atoms with E-state index in [1.165, 1.54) is 0 Å². The monoisotopic (exact) mass is 461 g/mol. The summed E-state index contributed by atoms with van der Waals surface area (Å²) in [5.41, 5.74) is 1.71. The van der Waals surface area contributed by atoms with Crippen LogP contribution >= 0.6 is 0 Å². The summed E-state index contributed by atoms with van der Waals surface area (Å²) in [4.78, 5) is 23.5. The van der Waals surface area contributed by atoms with E-state index in [0.29, 0.717) is 54.5 Å². The Morgan fingerprint density at radius 2 is 1.76 bits per heavy atom. The van der Waals surface area contributed by atoms with Crippen LogP contribution in [-0.2, 0) is 4.79 Å². The van der Waals surface area contributed by atoms with Crippen LogP contribution in [0, 0.1) is 5.41 Å². The molecule has 176 valence electrons. The molecular formula is C25H27N5O4. The molecule has 1 spiro atoms. The molecule has 3 heterocycles. The van der Waals surface area contributed by atoms with Gasteiger partial charge in [-0.05, 0) is 25.0 Å². The van der Waals surface area contributed by atoms with E-state index in [1.807, 2.05) is 41.3 Å². The molecule has 9 nitrogen and oxygen atoms in total. The predicted molar refractivity (Wildman–Crippen MR) is 130 cm³/mol. The number of amides is 1. The van der Waals surface area contributed by atoms with E-state index >= 15 is 0 Å². The number of imidazole rings is 1. The molecule has 5 rings (SSSR count). The number of methoxy groups -OCH3 is 2. The number of amidine groups is 1. The number of carbonyl (C=O) groups is 1. The van der Waals surface area contributed by atoms with Crippen LogP contribution in [0.25, 0.3) is 16.6 Å². The Hall–Kier alpha value is -4.01. The molecule has 34 heavy (non-hydrogen) atoms. The summed E-state index contributed by atoms with van der Waals surface area (Å²) in [5, 5.41) is 20.9. The van der Waals surface area contributed by atoms with Crippen molar-refractivity contribution in [2.24, 2.45) is 0 Å². The maximum Gasteiger partial charge on any atom is 0.219 e. The second-order valence-corrected chi connectivity index (χ2v) is 8.62. The number of hydrogen-bond acceptors (Lipinski definition) is 6. The number of rotatable bonds is 4. The molecule has 3 aromatic rings. The number of fused-ring (bicyclic) bond motifs is 1. The summed E-state index contributed by atoms with van der Waals surface area (Å²) in [6.45, 7) is 2.49. The zero-order valence-electron chi connectivity index (χ0n) is 19.4. The number of H-pyrrole nitrogens is 1. The first-order valence-corrected chi connectivity index (χ1v) is 11.1. The van der Waals surface area contributed by atoms with Crippen molar-refractivity contribution in [3.05, 3.63) is 54.0 Å². The Morgan fingerprint density at radius 1 is 1.12 bits per heavy atom. The molecule has 1 fully saturated rings. The Labute approximate surface area is 197 Å². The number of benzene rings is 2. The largest absolute Gasteiger partial charge is 0.509 e. The number of para-hydroxylation sites is 2. The number of aliphatic hydroxyl groups excluding tert-OH is 1. The summed E-state index contributed by atoms with van der Waals surface area (Å²) in [7, 11) is 3.15. The van der Waals surface area contributed by atoms with Crippen LogP contribution in [0.3, 0.4) is 0 Å². The highest BCUT2D eigenvalue weighted by atomic mass is 16.5. The summed E-state index contributed by atoms with van der Waals surface area (Å²) < 4.78 is 10.9. The van der Waals surface area contributed by atoms with Gasteiger partial charge in [0.05, 0.1) is 36.5 Å². The molecular weight excluding hydrogens is 434 g/mol. The van der Waals surface area contributed by atoms with Crippen molar-refractivity contribution >= 4 is 34.0 Å². The van der Waals surface area contributed by atoms with Crippen LogP contribution in [0.15, 0.2) is 48.2 Å². The van der Waals surface area contributed by atoms with Crippen molar-refractivity contribution in [1.82, 2.24) is 14.9 Å². The van der Waals surface area contributed by atoms with Gasteiger partial charge in [0.1, 0.15) is 34.5 Å². The minimum atomic E-state index is -0.894. The van der Waals surface area contributed by atoms with Crippen LogP contribution in [0.5, 0.6) is 11.5 Å². The van der Waals surface area contributed by atoms with Gasteiger partial charge in [0.25, 0.3) is 0 Å². The van der Waals surface area contributed by atoms with Gasteiger partial charge in [-0.1, -0.05) is 12.1 Å². The van der Waals surface area contributed by atoms with E-state index in [4.69, 9.17) is 9.47 Å². The lowest BCUT2D eigenvalue weighted by molar-refractivity contribution is -0.130. The summed E-state index contributed by atoms with van der Waals surface area (Å²) in [6, 6.07) is 13.0. The second-order valence-electron chi connectivity index (χ2n) is 8.62. The molecule has 2 aliphatic rings. The molecule has 0 radical (unpaired) electrons. The van der Waals surface area contributed by atoms with E-state index in [9.17, 15) is 15.3 Å². The number of aliphatic hydroxyl groups is 1. The lowest BCUT2D eigenvalue weighted by atomic mass is 9.84. The standard InChI is InChI=1S/C25H27N5O4/c1-15(31)29-10-8-25(9-11-29)22(32)21(24-27-19-6-4-5-7-20(19)28-24)23(26)30(25)16-12-17(33-2)14-18(13-16)34-3/h4-7,12-14,26,32H,8-11H2,1-3H3,(H,27,28). The van der Waals surface area contributed by atoms with Gasteiger partial charge >= 0.3 is 0 Å². The molecule has 0 unspecified atom stereocenters. The molecule has 2 aromatic carbocycles. The number of hydrogen-bond donors (Lipinski definition) is 3. The SMILES string of the molecule is COc1cc(OC)cc(N2C(=N)C(c3nc4ccccc4[nH]3)=C(O)C23CCN(C(C)=O)CC3)c1. The first-order chi connectivity index (χ1) is 16.4. The van der Waals surface area contributed by atoms with Crippen LogP contribution in [0.4, 0.5) is 5.69 Å². The van der Waals surface area contributed by atoms with E-state index in [1.54, 1.807) is 32.1 Å². The van der Waals surface area contributed by atoms with E-state index in [0.717, 1.165) is 11.0 Å². The summed E-state index contributed by atoms with van der Waals surface area (Å²) >= 11 is 0. The number of ether oxygens (including phenoxy) is 2. The number of aromatic amines is 1. The van der Waals surface area contributed by atoms with Gasteiger partial charge < -0.3 is 29.4 Å². The molecule has 1 aromatic heterocycles. The van der Waals surface area contributed by atoms with Crippen molar-refractivity contribution in [3.8, 4) is 11.5 Å². The quantitative estimate of drug-likeness (QED) is 0.545. The topological polar surface area (TPSA) is 115 Å². The number of carbonyl (C=O) groups excluding carboxylic acids is 1. The van der Waals surface area contributed by atoms with Crippen molar-refractivity contribution in [1.29, 1.82) is 5.41 Å². The third kappa shape index (κ3) is 3.27. The third-order valence-corrected chi connectivity index (χ3v) is 6.82. The average molecular weight is 462 g/mol. The summed E-state index contributed by atoms with van der Waals surface area (Å²) in [5.74, 6) is 1.81. The molecule has 2 aliphatic heterocycles. The number of likely N-dealkylation sites (tertiary alicyclic amines) is 1.